The topological polar surface area (TPSA) is 42.1 Å². The summed E-state index contributed by atoms with van der Waals surface area (Å²) in [5, 5.41) is 0. The van der Waals surface area contributed by atoms with Crippen LogP contribution in [0, 0.1) is 5.82 Å². The molecule has 0 aliphatic carbocycles. The SMILES string of the molecule is O=c1[nH]c2cc(/C=C3/c4ccccc4COc4cc(F)ccc43)ccc2s1. The lowest BCUT2D eigenvalue weighted by molar-refractivity contribution is 0.305. The summed E-state index contributed by atoms with van der Waals surface area (Å²) < 4.78 is 20.6. The lowest BCUT2D eigenvalue weighted by Crippen LogP contribution is -1.95. The quantitative estimate of drug-likeness (QED) is 0.496. The highest BCUT2D eigenvalue weighted by Gasteiger charge is 2.19. The second-order valence-corrected chi connectivity index (χ2v) is 7.43. The first-order valence-corrected chi connectivity index (χ1v) is 9.34. The zero-order chi connectivity index (χ0) is 18.4. The van der Waals surface area contributed by atoms with E-state index in [1.165, 1.54) is 23.5 Å². The van der Waals surface area contributed by atoms with Gasteiger partial charge in [-0.15, -0.1) is 0 Å². The molecule has 132 valence electrons. The molecule has 5 rings (SSSR count). The Balaban J connectivity index is 1.75. The molecule has 3 nitrogen and oxygen atoms in total. The van der Waals surface area contributed by atoms with Crippen molar-refractivity contribution >= 4 is 33.2 Å². The van der Waals surface area contributed by atoms with Gasteiger partial charge in [-0.3, -0.25) is 4.79 Å². The highest BCUT2D eigenvalue weighted by atomic mass is 32.1. The Labute approximate surface area is 158 Å². The summed E-state index contributed by atoms with van der Waals surface area (Å²) in [6.45, 7) is 0.390. The number of hydrogen-bond acceptors (Lipinski definition) is 3. The highest BCUT2D eigenvalue weighted by molar-refractivity contribution is 7.16. The summed E-state index contributed by atoms with van der Waals surface area (Å²) in [6, 6.07) is 18.5. The maximum absolute atomic E-state index is 13.8. The van der Waals surface area contributed by atoms with Gasteiger partial charge in [0.15, 0.2) is 0 Å². The highest BCUT2D eigenvalue weighted by Crippen LogP contribution is 2.38. The molecule has 0 bridgehead atoms. The summed E-state index contributed by atoms with van der Waals surface area (Å²) in [5.41, 5.74) is 5.69. The van der Waals surface area contributed by atoms with Gasteiger partial charge in [0.1, 0.15) is 18.2 Å². The molecule has 2 heterocycles. The van der Waals surface area contributed by atoms with Gasteiger partial charge >= 0.3 is 4.87 Å². The number of H-pyrrole nitrogens is 1. The third kappa shape index (κ3) is 2.86. The Morgan fingerprint density at radius 3 is 2.85 bits per heavy atom. The van der Waals surface area contributed by atoms with Crippen LogP contribution in [-0.4, -0.2) is 4.98 Å². The van der Waals surface area contributed by atoms with Crippen LogP contribution in [0.2, 0.25) is 0 Å². The van der Waals surface area contributed by atoms with Crippen molar-refractivity contribution in [1.29, 1.82) is 0 Å². The van der Waals surface area contributed by atoms with Crippen molar-refractivity contribution in [1.82, 2.24) is 4.98 Å². The molecule has 0 spiro atoms. The largest absolute Gasteiger partial charge is 0.488 e. The van der Waals surface area contributed by atoms with Gasteiger partial charge in [0.25, 0.3) is 0 Å². The van der Waals surface area contributed by atoms with E-state index >= 15 is 0 Å². The van der Waals surface area contributed by atoms with Gasteiger partial charge in [0.05, 0.1) is 10.2 Å². The molecule has 27 heavy (non-hydrogen) atoms. The van der Waals surface area contributed by atoms with Crippen LogP contribution >= 0.6 is 11.3 Å². The van der Waals surface area contributed by atoms with Gasteiger partial charge in [-0.05, 0) is 52.6 Å². The van der Waals surface area contributed by atoms with Crippen molar-refractivity contribution in [2.75, 3.05) is 0 Å². The molecule has 0 saturated heterocycles. The zero-order valence-electron chi connectivity index (χ0n) is 14.2. The van der Waals surface area contributed by atoms with Crippen molar-refractivity contribution in [2.45, 2.75) is 6.61 Å². The van der Waals surface area contributed by atoms with Gasteiger partial charge in [-0.25, -0.2) is 4.39 Å². The van der Waals surface area contributed by atoms with Gasteiger partial charge < -0.3 is 9.72 Å². The Hall–Kier alpha value is -3.18. The van der Waals surface area contributed by atoms with Crippen LogP contribution < -0.4 is 9.61 Å². The van der Waals surface area contributed by atoms with E-state index in [9.17, 15) is 9.18 Å². The van der Waals surface area contributed by atoms with E-state index in [2.05, 4.69) is 11.1 Å². The number of nitrogens with one attached hydrogen (secondary N) is 1. The third-order valence-corrected chi connectivity index (χ3v) is 5.54. The summed E-state index contributed by atoms with van der Waals surface area (Å²) in [5.74, 6) is 0.207. The van der Waals surface area contributed by atoms with Crippen LogP contribution in [0.1, 0.15) is 22.3 Å². The maximum Gasteiger partial charge on any atom is 0.305 e. The van der Waals surface area contributed by atoms with Crippen LogP contribution in [0.4, 0.5) is 4.39 Å². The van der Waals surface area contributed by atoms with E-state index in [-0.39, 0.29) is 10.7 Å². The second-order valence-electron chi connectivity index (χ2n) is 6.41. The van der Waals surface area contributed by atoms with E-state index in [1.54, 1.807) is 6.07 Å². The first-order chi connectivity index (χ1) is 13.2. The predicted molar refractivity (Wildman–Crippen MR) is 107 cm³/mol. The van der Waals surface area contributed by atoms with Crippen molar-refractivity contribution < 1.29 is 9.13 Å². The fraction of sp³-hybridized carbons (Fsp3) is 0.0455. The van der Waals surface area contributed by atoms with E-state index < -0.39 is 0 Å². The van der Waals surface area contributed by atoms with Crippen molar-refractivity contribution in [3.63, 3.8) is 0 Å². The predicted octanol–water partition coefficient (Wildman–Crippen LogP) is 5.21. The number of ether oxygens (including phenoxy) is 1. The molecule has 0 radical (unpaired) electrons. The number of thiazole rings is 1. The molecule has 0 unspecified atom stereocenters. The molecular formula is C22H14FNO2S. The maximum atomic E-state index is 13.8. The number of aromatic nitrogens is 1. The lowest BCUT2D eigenvalue weighted by Gasteiger charge is -2.11. The molecule has 1 aromatic heterocycles. The molecule has 0 atom stereocenters. The normalized spacial score (nSPS) is 14.5. The number of aromatic amines is 1. The minimum absolute atomic E-state index is 0.0659. The Morgan fingerprint density at radius 1 is 1.04 bits per heavy atom. The number of benzene rings is 3. The van der Waals surface area contributed by atoms with Crippen LogP contribution in [-0.2, 0) is 6.61 Å². The van der Waals surface area contributed by atoms with Gasteiger partial charge in [0, 0.05) is 11.6 Å². The molecule has 0 amide bonds. The van der Waals surface area contributed by atoms with Gasteiger partial charge in [0.2, 0.25) is 0 Å². The minimum atomic E-state index is -0.323. The fourth-order valence-corrected chi connectivity index (χ4v) is 4.15. The Kier molecular flexibility index (Phi) is 3.69. The monoisotopic (exact) mass is 375 g/mol. The molecule has 1 aliphatic rings. The van der Waals surface area contributed by atoms with Crippen LogP contribution in [0.5, 0.6) is 5.75 Å². The zero-order valence-corrected chi connectivity index (χ0v) is 15.0. The Bertz CT molecular complexity index is 1270. The molecule has 1 N–H and O–H groups in total. The van der Waals surface area contributed by atoms with Gasteiger partial charge in [-0.1, -0.05) is 41.7 Å². The average Bonchev–Trinajstić information content (AvgIpc) is 2.97. The smallest absolute Gasteiger partial charge is 0.305 e. The van der Waals surface area contributed by atoms with Crippen LogP contribution in [0.25, 0.3) is 21.9 Å². The summed E-state index contributed by atoms with van der Waals surface area (Å²) in [4.78, 5) is 14.4. The van der Waals surface area contributed by atoms with Crippen molar-refractivity contribution in [3.8, 4) is 5.75 Å². The number of fused-ring (bicyclic) bond motifs is 3. The summed E-state index contributed by atoms with van der Waals surface area (Å²) in [7, 11) is 0. The molecular weight excluding hydrogens is 361 g/mol. The molecule has 0 fully saturated rings. The first kappa shape index (κ1) is 16.0. The van der Waals surface area contributed by atoms with Crippen molar-refractivity contribution in [3.05, 3.63) is 98.4 Å². The molecule has 0 saturated carbocycles. The number of halogens is 1. The summed E-state index contributed by atoms with van der Waals surface area (Å²) >= 11 is 1.20. The van der Waals surface area contributed by atoms with E-state index in [0.717, 1.165) is 38.0 Å². The van der Waals surface area contributed by atoms with E-state index in [0.29, 0.717) is 12.4 Å². The lowest BCUT2D eigenvalue weighted by atomic mass is 9.92. The standard InChI is InChI=1S/C22H14FNO2S/c23-15-6-7-17-18(9-13-5-8-21-19(10-13)24-22(25)27-21)16-4-2-1-3-14(16)12-26-20(17)11-15/h1-11H,12H2,(H,24,25)/b18-9-. The third-order valence-electron chi connectivity index (χ3n) is 4.68. The Morgan fingerprint density at radius 2 is 1.93 bits per heavy atom. The van der Waals surface area contributed by atoms with Gasteiger partial charge in [-0.2, -0.15) is 0 Å². The average molecular weight is 375 g/mol. The van der Waals surface area contributed by atoms with E-state index in [1.807, 2.05) is 42.5 Å². The molecule has 4 aromatic rings. The minimum Gasteiger partial charge on any atom is -0.488 e. The second kappa shape index (κ2) is 6.21. The van der Waals surface area contributed by atoms with Crippen LogP contribution in [0.3, 0.4) is 0 Å². The fourth-order valence-electron chi connectivity index (χ4n) is 3.43. The number of rotatable bonds is 1. The van der Waals surface area contributed by atoms with E-state index in [4.69, 9.17) is 4.74 Å². The molecule has 1 aliphatic heterocycles. The first-order valence-electron chi connectivity index (χ1n) is 8.53. The molecule has 5 heteroatoms. The van der Waals surface area contributed by atoms with Crippen molar-refractivity contribution in [2.24, 2.45) is 0 Å². The number of hydrogen-bond donors (Lipinski definition) is 1. The molecule has 3 aromatic carbocycles. The van der Waals surface area contributed by atoms with Crippen LogP contribution in [0.15, 0.2) is 65.5 Å². The summed E-state index contributed by atoms with van der Waals surface area (Å²) in [6.07, 6.45) is 2.06.